The number of thiazole rings is 1. The minimum Gasteiger partial charge on any atom is -0.342 e. The second-order valence-electron chi connectivity index (χ2n) is 3.01. The summed E-state index contributed by atoms with van der Waals surface area (Å²) >= 11 is 2.49. The van der Waals surface area contributed by atoms with Gasteiger partial charge in [0, 0.05) is 12.2 Å². The normalized spacial score (nSPS) is 10.6. The van der Waals surface area contributed by atoms with E-state index in [1.165, 1.54) is 29.5 Å². The number of allylic oxidation sites excluding steroid dienone is 1. The van der Waals surface area contributed by atoms with Gasteiger partial charge in [0.1, 0.15) is 0 Å². The molecule has 2 aromatic heterocycles. The second kappa shape index (κ2) is 6.01. The van der Waals surface area contributed by atoms with Crippen molar-refractivity contribution in [2.24, 2.45) is 0 Å². The molecule has 0 N–H and O–H groups in total. The number of rotatable bonds is 5. The van der Waals surface area contributed by atoms with Crippen LogP contribution in [-0.2, 0) is 0 Å². The number of hydrogen-bond acceptors (Lipinski definition) is 6. The first kappa shape index (κ1) is 13.1. The Morgan fingerprint density at radius 3 is 2.83 bits per heavy atom. The van der Waals surface area contributed by atoms with E-state index in [0.29, 0.717) is 15.0 Å². The summed E-state index contributed by atoms with van der Waals surface area (Å²) in [6.45, 7) is 0. The Kier molecular flexibility index (Phi) is 4.37. The van der Waals surface area contributed by atoms with Gasteiger partial charge in [0.25, 0.3) is 0 Å². The predicted molar refractivity (Wildman–Crippen MR) is 61.1 cm³/mol. The van der Waals surface area contributed by atoms with Crippen molar-refractivity contribution in [3.63, 3.8) is 0 Å². The molecule has 0 aliphatic carbocycles. The van der Waals surface area contributed by atoms with Gasteiger partial charge in [-0.05, 0) is 0 Å². The molecule has 9 heteroatoms. The van der Waals surface area contributed by atoms with Crippen LogP contribution in [-0.4, -0.2) is 20.9 Å². The lowest BCUT2D eigenvalue weighted by atomic mass is 10.4. The van der Waals surface area contributed by atoms with E-state index in [1.807, 2.05) is 0 Å². The zero-order valence-corrected chi connectivity index (χ0v) is 10.4. The predicted octanol–water partition coefficient (Wildman–Crippen LogP) is 3.75. The van der Waals surface area contributed by atoms with Gasteiger partial charge in [0.2, 0.25) is 12.2 Å². The van der Waals surface area contributed by atoms with Gasteiger partial charge >= 0.3 is 6.08 Å². The van der Waals surface area contributed by atoms with E-state index >= 15 is 0 Å². The Bertz CT molecular complexity index is 537. The number of halogens is 3. The maximum Gasteiger partial charge on any atom is 0.301 e. The van der Waals surface area contributed by atoms with Crippen LogP contribution in [0.1, 0.15) is 6.42 Å². The molecule has 0 aliphatic heterocycles. The first-order valence-electron chi connectivity index (χ1n) is 4.72. The molecule has 0 saturated carbocycles. The Hall–Kier alpha value is -1.35. The summed E-state index contributed by atoms with van der Waals surface area (Å²) in [5, 5.41) is 3.64. The van der Waals surface area contributed by atoms with Crippen molar-refractivity contribution in [3.8, 4) is 10.7 Å². The quantitative estimate of drug-likeness (QED) is 0.786. The van der Waals surface area contributed by atoms with Crippen LogP contribution >= 0.6 is 23.1 Å². The number of thioether (sulfide) groups is 1. The number of nitrogens with zero attached hydrogens (tertiary/aromatic N) is 3. The summed E-state index contributed by atoms with van der Waals surface area (Å²) in [6.07, 6.45) is 0.179. The number of hydrogen-bond donors (Lipinski definition) is 0. The molecule has 0 atom stereocenters. The smallest absolute Gasteiger partial charge is 0.301 e. The maximum atomic E-state index is 12.5. The van der Waals surface area contributed by atoms with Crippen molar-refractivity contribution in [1.82, 2.24) is 15.1 Å². The average molecular weight is 293 g/mol. The molecule has 96 valence electrons. The van der Waals surface area contributed by atoms with Crippen molar-refractivity contribution in [2.75, 3.05) is 5.75 Å². The standard InChI is InChI=1S/C9H6F3N3OS2/c10-5(7(11)12)1-2-17-9-13-3-6(18-9)8-14-4-16-15-8/h3-4H,1-2H2. The van der Waals surface area contributed by atoms with E-state index in [9.17, 15) is 13.2 Å². The summed E-state index contributed by atoms with van der Waals surface area (Å²) in [5.74, 6) is -0.764. The molecule has 2 aromatic rings. The third kappa shape index (κ3) is 3.33. The zero-order valence-electron chi connectivity index (χ0n) is 8.77. The number of aromatic nitrogens is 3. The molecule has 0 saturated heterocycles. The van der Waals surface area contributed by atoms with Crippen molar-refractivity contribution in [2.45, 2.75) is 10.8 Å². The van der Waals surface area contributed by atoms with Crippen LogP contribution in [0.3, 0.4) is 0 Å². The first-order valence-corrected chi connectivity index (χ1v) is 6.52. The lowest BCUT2D eigenvalue weighted by molar-refractivity contribution is 0.373. The minimum absolute atomic E-state index is 0.197. The Morgan fingerprint density at radius 2 is 2.17 bits per heavy atom. The minimum atomic E-state index is -2.26. The summed E-state index contributed by atoms with van der Waals surface area (Å²) in [7, 11) is 0. The highest BCUT2D eigenvalue weighted by Crippen LogP contribution is 2.30. The SMILES string of the molecule is FC(F)=C(F)CCSc1ncc(-c2ncon2)s1. The van der Waals surface area contributed by atoms with E-state index in [1.54, 1.807) is 6.20 Å². The van der Waals surface area contributed by atoms with Crippen LogP contribution in [0, 0.1) is 0 Å². The largest absolute Gasteiger partial charge is 0.342 e. The highest BCUT2D eigenvalue weighted by Gasteiger charge is 2.10. The van der Waals surface area contributed by atoms with Crippen LogP contribution < -0.4 is 0 Å². The van der Waals surface area contributed by atoms with Crippen molar-refractivity contribution < 1.29 is 17.7 Å². The summed E-state index contributed by atoms with van der Waals surface area (Å²) in [4.78, 5) is 8.60. The fraction of sp³-hybridized carbons (Fsp3) is 0.222. The summed E-state index contributed by atoms with van der Waals surface area (Å²) in [5.41, 5.74) is 0. The van der Waals surface area contributed by atoms with E-state index in [-0.39, 0.29) is 12.2 Å². The molecule has 0 amide bonds. The Labute approximate surface area is 108 Å². The highest BCUT2D eigenvalue weighted by atomic mass is 32.2. The lowest BCUT2D eigenvalue weighted by Gasteiger charge is -1.94. The average Bonchev–Trinajstić information content (AvgIpc) is 2.98. The van der Waals surface area contributed by atoms with E-state index in [0.717, 1.165) is 0 Å². The van der Waals surface area contributed by atoms with E-state index in [4.69, 9.17) is 0 Å². The van der Waals surface area contributed by atoms with Crippen molar-refractivity contribution in [3.05, 3.63) is 24.5 Å². The fourth-order valence-corrected chi connectivity index (χ4v) is 2.95. The molecule has 4 nitrogen and oxygen atoms in total. The Morgan fingerprint density at radius 1 is 1.33 bits per heavy atom. The van der Waals surface area contributed by atoms with Gasteiger partial charge < -0.3 is 4.52 Å². The molecule has 0 radical (unpaired) electrons. The van der Waals surface area contributed by atoms with Gasteiger partial charge in [-0.2, -0.15) is 13.8 Å². The molecule has 0 bridgehead atoms. The monoisotopic (exact) mass is 293 g/mol. The van der Waals surface area contributed by atoms with Crippen LogP contribution in [0.5, 0.6) is 0 Å². The van der Waals surface area contributed by atoms with Crippen LogP contribution in [0.25, 0.3) is 10.7 Å². The molecule has 0 aromatic carbocycles. The lowest BCUT2D eigenvalue weighted by Crippen LogP contribution is -1.81. The van der Waals surface area contributed by atoms with E-state index < -0.39 is 11.9 Å². The third-order valence-corrected chi connectivity index (χ3v) is 3.97. The van der Waals surface area contributed by atoms with Crippen LogP contribution in [0.4, 0.5) is 13.2 Å². The van der Waals surface area contributed by atoms with Gasteiger partial charge in [0.15, 0.2) is 10.2 Å². The molecule has 0 spiro atoms. The third-order valence-electron chi connectivity index (χ3n) is 1.82. The van der Waals surface area contributed by atoms with E-state index in [2.05, 4.69) is 19.6 Å². The second-order valence-corrected chi connectivity index (χ2v) is 5.38. The summed E-state index contributed by atoms with van der Waals surface area (Å²) < 4.78 is 41.4. The zero-order chi connectivity index (χ0) is 13.0. The molecular weight excluding hydrogens is 287 g/mol. The molecule has 0 aliphatic rings. The van der Waals surface area contributed by atoms with Crippen molar-refractivity contribution >= 4 is 23.1 Å². The molecular formula is C9H6F3N3OS2. The maximum absolute atomic E-state index is 12.5. The van der Waals surface area contributed by atoms with Gasteiger partial charge in [-0.25, -0.2) is 9.37 Å². The Balaban J connectivity index is 1.90. The molecule has 0 unspecified atom stereocenters. The molecule has 2 rings (SSSR count). The summed E-state index contributed by atoms with van der Waals surface area (Å²) in [6, 6.07) is 0. The topological polar surface area (TPSA) is 51.8 Å². The van der Waals surface area contributed by atoms with Gasteiger partial charge in [-0.3, -0.25) is 0 Å². The highest BCUT2D eigenvalue weighted by molar-refractivity contribution is 8.01. The van der Waals surface area contributed by atoms with Gasteiger partial charge in [0.05, 0.1) is 11.1 Å². The fourth-order valence-electron chi connectivity index (χ4n) is 1.03. The molecule has 18 heavy (non-hydrogen) atoms. The van der Waals surface area contributed by atoms with Crippen LogP contribution in [0.2, 0.25) is 0 Å². The van der Waals surface area contributed by atoms with Crippen LogP contribution in [0.15, 0.2) is 33.4 Å². The first-order chi connectivity index (χ1) is 8.66. The van der Waals surface area contributed by atoms with Crippen molar-refractivity contribution in [1.29, 1.82) is 0 Å². The van der Waals surface area contributed by atoms with Gasteiger partial charge in [-0.1, -0.05) is 16.9 Å². The molecule has 2 heterocycles. The molecule has 0 fully saturated rings. The van der Waals surface area contributed by atoms with Gasteiger partial charge in [-0.15, -0.1) is 11.3 Å².